The molecule has 0 atom stereocenters. The van der Waals surface area contributed by atoms with Crippen LogP contribution in [-0.4, -0.2) is 62.9 Å². The first-order chi connectivity index (χ1) is 11.9. The van der Waals surface area contributed by atoms with E-state index in [9.17, 15) is 22.0 Å². The van der Waals surface area contributed by atoms with Crippen LogP contribution in [0.15, 0.2) is 23.1 Å². The number of sulfonamides is 1. The second-order valence-electron chi connectivity index (χ2n) is 6.29. The Morgan fingerprint density at radius 3 is 2.28 bits per heavy atom. The summed E-state index contributed by atoms with van der Waals surface area (Å²) < 4.78 is 58.9. The lowest BCUT2D eigenvalue weighted by molar-refractivity contribution is -0.137. The molecule has 1 aromatic carbocycles. The lowest BCUT2D eigenvalue weighted by Gasteiger charge is -2.34. The predicted molar refractivity (Wildman–Crippen MR) is 85.2 cm³/mol. The Morgan fingerprint density at radius 1 is 1.12 bits per heavy atom. The first-order valence-electron chi connectivity index (χ1n) is 8.19. The van der Waals surface area contributed by atoms with Gasteiger partial charge >= 0.3 is 0 Å². The van der Waals surface area contributed by atoms with Crippen LogP contribution in [0.3, 0.4) is 0 Å². The SMILES string of the molecule is O=C(COCC1CC1)N1CCN(S(=O)(=O)c2c(F)cccc2F)CC1. The number of nitrogens with zero attached hydrogens (tertiary/aromatic N) is 2. The second kappa shape index (κ2) is 7.35. The summed E-state index contributed by atoms with van der Waals surface area (Å²) >= 11 is 0. The summed E-state index contributed by atoms with van der Waals surface area (Å²) in [5, 5.41) is 0. The number of benzene rings is 1. The normalized spacial score (nSPS) is 19.2. The van der Waals surface area contributed by atoms with Crippen LogP contribution >= 0.6 is 0 Å². The topological polar surface area (TPSA) is 66.9 Å². The standard InChI is InChI=1S/C16H20F2N2O4S/c17-13-2-1-3-14(18)16(13)25(22,23)20-8-6-19(7-9-20)15(21)11-24-10-12-4-5-12/h1-3,12H,4-11H2. The van der Waals surface area contributed by atoms with Gasteiger partial charge in [0.25, 0.3) is 0 Å². The Labute approximate surface area is 145 Å². The summed E-state index contributed by atoms with van der Waals surface area (Å²) in [7, 11) is -4.28. The van der Waals surface area contributed by atoms with Gasteiger partial charge in [-0.25, -0.2) is 17.2 Å². The third-order valence-electron chi connectivity index (χ3n) is 4.38. The molecule has 1 saturated heterocycles. The van der Waals surface area contributed by atoms with Crippen LogP contribution in [0.5, 0.6) is 0 Å². The maximum Gasteiger partial charge on any atom is 0.249 e. The van der Waals surface area contributed by atoms with Gasteiger partial charge in [-0.15, -0.1) is 0 Å². The number of carbonyl (C=O) groups excluding carboxylic acids is 1. The van der Waals surface area contributed by atoms with Crippen molar-refractivity contribution in [3.63, 3.8) is 0 Å². The van der Waals surface area contributed by atoms with Gasteiger partial charge in [0.1, 0.15) is 18.2 Å². The monoisotopic (exact) mass is 374 g/mol. The molecule has 0 spiro atoms. The van der Waals surface area contributed by atoms with E-state index in [-0.39, 0.29) is 38.7 Å². The minimum Gasteiger partial charge on any atom is -0.371 e. The molecule has 25 heavy (non-hydrogen) atoms. The molecule has 2 aliphatic rings. The number of rotatable bonds is 6. The van der Waals surface area contributed by atoms with E-state index in [2.05, 4.69) is 0 Å². The summed E-state index contributed by atoms with van der Waals surface area (Å²) in [5.41, 5.74) is 0. The first kappa shape index (κ1) is 18.2. The van der Waals surface area contributed by atoms with E-state index in [0.717, 1.165) is 35.3 Å². The smallest absolute Gasteiger partial charge is 0.249 e. The van der Waals surface area contributed by atoms with Crippen molar-refractivity contribution in [3.8, 4) is 0 Å². The first-order valence-corrected chi connectivity index (χ1v) is 9.63. The molecular weight excluding hydrogens is 354 g/mol. The molecule has 0 bridgehead atoms. The minimum atomic E-state index is -4.28. The van der Waals surface area contributed by atoms with Gasteiger partial charge in [0.2, 0.25) is 15.9 Å². The predicted octanol–water partition coefficient (Wildman–Crippen LogP) is 1.22. The van der Waals surface area contributed by atoms with Crippen molar-refractivity contribution in [1.82, 2.24) is 9.21 Å². The molecule has 1 aromatic rings. The van der Waals surface area contributed by atoms with E-state index in [1.54, 1.807) is 0 Å². The average Bonchev–Trinajstić information content (AvgIpc) is 3.39. The zero-order valence-corrected chi connectivity index (χ0v) is 14.5. The maximum atomic E-state index is 13.8. The largest absolute Gasteiger partial charge is 0.371 e. The molecule has 0 N–H and O–H groups in total. The Morgan fingerprint density at radius 2 is 1.72 bits per heavy atom. The molecule has 3 rings (SSSR count). The highest BCUT2D eigenvalue weighted by Crippen LogP contribution is 2.28. The van der Waals surface area contributed by atoms with Crippen LogP contribution in [0.25, 0.3) is 0 Å². The highest BCUT2D eigenvalue weighted by molar-refractivity contribution is 7.89. The molecule has 6 nitrogen and oxygen atoms in total. The van der Waals surface area contributed by atoms with Crippen molar-refractivity contribution >= 4 is 15.9 Å². The summed E-state index contributed by atoms with van der Waals surface area (Å²) in [6, 6.07) is 2.93. The van der Waals surface area contributed by atoms with Crippen LogP contribution in [0.2, 0.25) is 0 Å². The van der Waals surface area contributed by atoms with Gasteiger partial charge in [0, 0.05) is 26.2 Å². The molecule has 9 heteroatoms. The van der Waals surface area contributed by atoms with E-state index in [4.69, 9.17) is 4.74 Å². The van der Waals surface area contributed by atoms with Gasteiger partial charge in [-0.3, -0.25) is 4.79 Å². The number of piperazine rings is 1. The summed E-state index contributed by atoms with van der Waals surface area (Å²) in [6.45, 7) is 0.870. The number of carbonyl (C=O) groups is 1. The molecule has 0 aromatic heterocycles. The highest BCUT2D eigenvalue weighted by Gasteiger charge is 2.34. The van der Waals surface area contributed by atoms with Gasteiger partial charge in [0.05, 0.1) is 6.61 Å². The Balaban J connectivity index is 1.58. The maximum absolute atomic E-state index is 13.8. The van der Waals surface area contributed by atoms with Crippen LogP contribution in [-0.2, 0) is 19.6 Å². The van der Waals surface area contributed by atoms with Crippen LogP contribution in [0.4, 0.5) is 8.78 Å². The van der Waals surface area contributed by atoms with Crippen LogP contribution in [0, 0.1) is 17.6 Å². The number of ether oxygens (including phenoxy) is 1. The molecule has 1 heterocycles. The minimum absolute atomic E-state index is 0.00945. The summed E-state index contributed by atoms with van der Waals surface area (Å²) in [5.74, 6) is -1.88. The highest BCUT2D eigenvalue weighted by atomic mass is 32.2. The molecule has 1 aliphatic carbocycles. The van der Waals surface area contributed by atoms with E-state index >= 15 is 0 Å². The quantitative estimate of drug-likeness (QED) is 0.751. The van der Waals surface area contributed by atoms with Gasteiger partial charge in [-0.1, -0.05) is 6.07 Å². The fourth-order valence-corrected chi connectivity index (χ4v) is 4.26. The zero-order valence-electron chi connectivity index (χ0n) is 13.7. The van der Waals surface area contributed by atoms with Crippen molar-refractivity contribution in [2.45, 2.75) is 17.7 Å². The third-order valence-corrected chi connectivity index (χ3v) is 6.34. The molecule has 1 amide bonds. The second-order valence-corrected chi connectivity index (χ2v) is 8.17. The molecule has 2 fully saturated rings. The number of amides is 1. The molecule has 138 valence electrons. The van der Waals surface area contributed by atoms with Crippen molar-refractivity contribution in [2.24, 2.45) is 5.92 Å². The van der Waals surface area contributed by atoms with Gasteiger partial charge in [0.15, 0.2) is 4.90 Å². The molecule has 1 aliphatic heterocycles. The lowest BCUT2D eigenvalue weighted by atomic mass is 10.3. The average molecular weight is 374 g/mol. The van der Waals surface area contributed by atoms with Crippen LogP contribution < -0.4 is 0 Å². The number of hydrogen-bond donors (Lipinski definition) is 0. The van der Waals surface area contributed by atoms with Crippen molar-refractivity contribution in [3.05, 3.63) is 29.8 Å². The van der Waals surface area contributed by atoms with E-state index in [1.807, 2.05) is 0 Å². The molecule has 0 radical (unpaired) electrons. The van der Waals surface area contributed by atoms with Crippen LogP contribution in [0.1, 0.15) is 12.8 Å². The van der Waals surface area contributed by atoms with E-state index < -0.39 is 26.6 Å². The summed E-state index contributed by atoms with van der Waals surface area (Å²) in [6.07, 6.45) is 2.27. The van der Waals surface area contributed by atoms with Gasteiger partial charge in [-0.05, 0) is 30.9 Å². The van der Waals surface area contributed by atoms with E-state index in [1.165, 1.54) is 4.90 Å². The van der Waals surface area contributed by atoms with Gasteiger partial charge in [-0.2, -0.15) is 4.31 Å². The fourth-order valence-electron chi connectivity index (χ4n) is 2.72. The Hall–Kier alpha value is -1.58. The third kappa shape index (κ3) is 4.16. The number of halogens is 2. The molecular formula is C16H20F2N2O4S. The lowest BCUT2D eigenvalue weighted by Crippen LogP contribution is -2.51. The zero-order chi connectivity index (χ0) is 18.0. The van der Waals surface area contributed by atoms with Gasteiger partial charge < -0.3 is 9.64 Å². The number of hydrogen-bond acceptors (Lipinski definition) is 4. The van der Waals surface area contributed by atoms with Crippen molar-refractivity contribution in [1.29, 1.82) is 0 Å². The Bertz CT molecular complexity index is 724. The van der Waals surface area contributed by atoms with E-state index in [0.29, 0.717) is 12.5 Å². The Kier molecular flexibility index (Phi) is 5.35. The fraction of sp³-hybridized carbons (Fsp3) is 0.562. The molecule has 0 unspecified atom stereocenters. The van der Waals surface area contributed by atoms with Crippen molar-refractivity contribution in [2.75, 3.05) is 39.4 Å². The molecule has 1 saturated carbocycles. The summed E-state index contributed by atoms with van der Waals surface area (Å²) in [4.78, 5) is 12.6. The van der Waals surface area contributed by atoms with Crippen molar-refractivity contribution < 1.29 is 26.7 Å².